The number of H-pyrrole nitrogens is 1. The van der Waals surface area contributed by atoms with Crippen LogP contribution in [0, 0.1) is 6.20 Å². The minimum atomic E-state index is 0.314. The number of piperazine rings is 1. The summed E-state index contributed by atoms with van der Waals surface area (Å²) in [7, 11) is 0. The summed E-state index contributed by atoms with van der Waals surface area (Å²) in [6.07, 6.45) is 5.55. The molecule has 0 saturated carbocycles. The number of aromatic amines is 1. The van der Waals surface area contributed by atoms with E-state index in [0.29, 0.717) is 6.04 Å². The van der Waals surface area contributed by atoms with E-state index in [4.69, 9.17) is 0 Å². The number of nitrogens with one attached hydrogen (secondary N) is 2. The average molecular weight is 244 g/mol. The molecule has 2 N–H and O–H groups in total. The Balaban J connectivity index is 1.78. The quantitative estimate of drug-likeness (QED) is 0.751. The second-order valence-corrected chi connectivity index (χ2v) is 4.24. The van der Waals surface area contributed by atoms with E-state index in [-0.39, 0.29) is 0 Å². The third kappa shape index (κ3) is 2.30. The number of tetrazole rings is 1. The first kappa shape index (κ1) is 11.1. The summed E-state index contributed by atoms with van der Waals surface area (Å²) in [5.41, 5.74) is 1.02. The average Bonchev–Trinajstić information content (AvgIpc) is 2.93. The number of hydrogen-bond acceptors (Lipinski definition) is 6. The van der Waals surface area contributed by atoms with E-state index in [1.807, 2.05) is 12.1 Å². The smallest absolute Gasteiger partial charge is 0.150 e. The molecule has 0 aliphatic carbocycles. The van der Waals surface area contributed by atoms with Gasteiger partial charge in [0, 0.05) is 38.3 Å². The monoisotopic (exact) mass is 244 g/mol. The fourth-order valence-electron chi connectivity index (χ4n) is 2.23. The lowest BCUT2D eigenvalue weighted by Gasteiger charge is -2.37. The minimum Gasteiger partial charge on any atom is -0.364 e. The van der Waals surface area contributed by atoms with Crippen LogP contribution in [0.3, 0.4) is 0 Å². The van der Waals surface area contributed by atoms with Crippen LogP contribution in [-0.2, 0) is 6.42 Å². The fourth-order valence-corrected chi connectivity index (χ4v) is 2.23. The van der Waals surface area contributed by atoms with Gasteiger partial charge in [-0.15, -0.1) is 5.10 Å². The first-order valence-corrected chi connectivity index (χ1v) is 5.96. The van der Waals surface area contributed by atoms with Crippen molar-refractivity contribution in [1.82, 2.24) is 30.9 Å². The van der Waals surface area contributed by atoms with Gasteiger partial charge in [-0.05, 0) is 22.6 Å². The number of rotatable bonds is 3. The molecule has 1 fully saturated rings. The highest BCUT2D eigenvalue weighted by molar-refractivity contribution is 5.44. The zero-order valence-electron chi connectivity index (χ0n) is 9.87. The number of pyridine rings is 1. The lowest BCUT2D eigenvalue weighted by Crippen LogP contribution is -2.52. The van der Waals surface area contributed by atoms with Crippen LogP contribution in [0.1, 0.15) is 5.82 Å². The zero-order valence-corrected chi connectivity index (χ0v) is 9.87. The lowest BCUT2D eigenvalue weighted by atomic mass is 10.1. The van der Waals surface area contributed by atoms with Gasteiger partial charge < -0.3 is 10.2 Å². The Hall–Kier alpha value is -2.02. The second-order valence-electron chi connectivity index (χ2n) is 4.24. The Morgan fingerprint density at radius 1 is 1.50 bits per heavy atom. The van der Waals surface area contributed by atoms with Gasteiger partial charge >= 0.3 is 0 Å². The first-order valence-electron chi connectivity index (χ1n) is 5.96. The highest BCUT2D eigenvalue weighted by Gasteiger charge is 2.24. The third-order valence-corrected chi connectivity index (χ3v) is 3.07. The van der Waals surface area contributed by atoms with Gasteiger partial charge in [-0.3, -0.25) is 4.98 Å². The summed E-state index contributed by atoms with van der Waals surface area (Å²) in [5, 5.41) is 17.3. The van der Waals surface area contributed by atoms with Crippen molar-refractivity contribution in [2.24, 2.45) is 0 Å². The summed E-state index contributed by atoms with van der Waals surface area (Å²) >= 11 is 0. The fraction of sp³-hybridized carbons (Fsp3) is 0.455. The molecule has 1 radical (unpaired) electrons. The predicted octanol–water partition coefficient (Wildman–Crippen LogP) is -0.584. The van der Waals surface area contributed by atoms with Gasteiger partial charge in [-0.2, -0.15) is 0 Å². The molecule has 7 heteroatoms. The third-order valence-electron chi connectivity index (χ3n) is 3.07. The highest BCUT2D eigenvalue weighted by atomic mass is 15.5. The van der Waals surface area contributed by atoms with Gasteiger partial charge in [0.15, 0.2) is 5.82 Å². The van der Waals surface area contributed by atoms with Crippen molar-refractivity contribution in [2.75, 3.05) is 24.5 Å². The van der Waals surface area contributed by atoms with E-state index in [1.165, 1.54) is 0 Å². The molecular weight excluding hydrogens is 230 g/mol. The molecule has 1 saturated heterocycles. The summed E-state index contributed by atoms with van der Waals surface area (Å²) in [5.74, 6) is 0.803. The molecular formula is C11H14N7. The molecule has 1 atom stereocenters. The van der Waals surface area contributed by atoms with Crippen molar-refractivity contribution >= 4 is 5.69 Å². The molecule has 3 heterocycles. The molecule has 18 heavy (non-hydrogen) atoms. The number of hydrogen-bond donors (Lipinski definition) is 2. The highest BCUT2D eigenvalue weighted by Crippen LogP contribution is 2.17. The molecule has 1 unspecified atom stereocenters. The van der Waals surface area contributed by atoms with Crippen LogP contribution in [0.2, 0.25) is 0 Å². The van der Waals surface area contributed by atoms with Gasteiger partial charge in [0.1, 0.15) is 6.20 Å². The van der Waals surface area contributed by atoms with E-state index < -0.39 is 0 Å². The van der Waals surface area contributed by atoms with Crippen molar-refractivity contribution in [3.63, 3.8) is 0 Å². The van der Waals surface area contributed by atoms with Crippen LogP contribution >= 0.6 is 0 Å². The summed E-state index contributed by atoms with van der Waals surface area (Å²) in [6, 6.07) is 4.28. The van der Waals surface area contributed by atoms with Crippen molar-refractivity contribution in [3.8, 4) is 0 Å². The SMILES string of the molecule is [c]1ncccc1N1CCNCC1Cc1nnn[nH]1. The molecule has 1 aliphatic heterocycles. The van der Waals surface area contributed by atoms with Gasteiger partial charge in [0.2, 0.25) is 0 Å². The van der Waals surface area contributed by atoms with Crippen LogP contribution in [0.5, 0.6) is 0 Å². The minimum absolute atomic E-state index is 0.314. The van der Waals surface area contributed by atoms with E-state index in [0.717, 1.165) is 37.6 Å². The number of anilines is 1. The van der Waals surface area contributed by atoms with Crippen LogP contribution < -0.4 is 10.2 Å². The maximum Gasteiger partial charge on any atom is 0.150 e. The van der Waals surface area contributed by atoms with E-state index in [1.54, 1.807) is 6.20 Å². The van der Waals surface area contributed by atoms with Crippen molar-refractivity contribution in [3.05, 3.63) is 30.4 Å². The molecule has 0 amide bonds. The lowest BCUT2D eigenvalue weighted by molar-refractivity contribution is 0.466. The molecule has 0 aromatic carbocycles. The van der Waals surface area contributed by atoms with Crippen LogP contribution in [0.15, 0.2) is 18.3 Å². The van der Waals surface area contributed by atoms with Gasteiger partial charge in [-0.1, -0.05) is 0 Å². The van der Waals surface area contributed by atoms with Crippen LogP contribution in [0.4, 0.5) is 5.69 Å². The maximum absolute atomic E-state index is 4.06. The topological polar surface area (TPSA) is 82.6 Å². The van der Waals surface area contributed by atoms with Gasteiger partial charge in [-0.25, -0.2) is 5.10 Å². The number of aromatic nitrogens is 5. The molecule has 0 spiro atoms. The Labute approximate surface area is 105 Å². The van der Waals surface area contributed by atoms with E-state index in [2.05, 4.69) is 42.0 Å². The van der Waals surface area contributed by atoms with Crippen molar-refractivity contribution in [2.45, 2.75) is 12.5 Å². The molecule has 2 aromatic heterocycles. The Morgan fingerprint density at radius 3 is 3.28 bits per heavy atom. The molecule has 2 aromatic rings. The summed E-state index contributed by atoms with van der Waals surface area (Å²) in [4.78, 5) is 6.35. The maximum atomic E-state index is 4.06. The normalized spacial score (nSPS) is 20.0. The van der Waals surface area contributed by atoms with E-state index >= 15 is 0 Å². The number of nitrogens with zero attached hydrogens (tertiary/aromatic N) is 5. The van der Waals surface area contributed by atoms with Gasteiger partial charge in [0.05, 0.1) is 5.69 Å². The Kier molecular flexibility index (Phi) is 3.14. The van der Waals surface area contributed by atoms with Gasteiger partial charge in [0.25, 0.3) is 0 Å². The predicted molar refractivity (Wildman–Crippen MR) is 65.0 cm³/mol. The van der Waals surface area contributed by atoms with Crippen LogP contribution in [0.25, 0.3) is 0 Å². The summed E-state index contributed by atoms with van der Waals surface area (Å²) < 4.78 is 0. The Morgan fingerprint density at radius 2 is 2.50 bits per heavy atom. The Bertz CT molecular complexity index is 469. The molecule has 7 nitrogen and oxygen atoms in total. The molecule has 3 rings (SSSR count). The van der Waals surface area contributed by atoms with Crippen molar-refractivity contribution in [1.29, 1.82) is 0 Å². The molecule has 1 aliphatic rings. The van der Waals surface area contributed by atoms with E-state index in [9.17, 15) is 0 Å². The molecule has 93 valence electrons. The zero-order chi connectivity index (χ0) is 12.2. The summed E-state index contributed by atoms with van der Waals surface area (Å²) in [6.45, 7) is 2.81. The standard InChI is InChI=1S/C11H14N7/c1-2-9(7-12-3-1)18-5-4-13-8-10(18)6-11-14-16-17-15-11/h1-3,10,13H,4-6,8H2,(H,14,15,16,17). The second kappa shape index (κ2) is 5.09. The van der Waals surface area contributed by atoms with Crippen molar-refractivity contribution < 1.29 is 0 Å². The largest absolute Gasteiger partial charge is 0.364 e. The molecule has 0 bridgehead atoms. The first-order chi connectivity index (χ1) is 8.93. The van der Waals surface area contributed by atoms with Crippen LogP contribution in [-0.4, -0.2) is 51.3 Å².